The first-order chi connectivity index (χ1) is 16.4. The molecule has 0 aliphatic carbocycles. The van der Waals surface area contributed by atoms with Crippen molar-refractivity contribution in [1.82, 2.24) is 20.0 Å². The number of carbonyl (C=O) groups is 1. The Bertz CT molecular complexity index is 1290. The Morgan fingerprint density at radius 3 is 2.35 bits per heavy atom. The number of imidazole rings is 1. The van der Waals surface area contributed by atoms with Gasteiger partial charge in [0.1, 0.15) is 11.5 Å². The maximum absolute atomic E-state index is 13.7. The Morgan fingerprint density at radius 2 is 1.68 bits per heavy atom. The summed E-state index contributed by atoms with van der Waals surface area (Å²) < 4.78 is 50.9. The molecule has 1 aliphatic heterocycles. The van der Waals surface area contributed by atoms with Crippen molar-refractivity contribution in [1.29, 1.82) is 0 Å². The number of hydrogen-bond donors (Lipinski definition) is 1. The SMILES string of the molecule is O=C(c1ccc(-c2nc(-c3c(-c4ccccc4)noc3C(F)(F)F)c[nH]2)cc1)N1CCOCC1. The van der Waals surface area contributed by atoms with Crippen molar-refractivity contribution in [2.75, 3.05) is 26.3 Å². The van der Waals surface area contributed by atoms with Crippen LogP contribution in [0.15, 0.2) is 65.3 Å². The highest BCUT2D eigenvalue weighted by Crippen LogP contribution is 2.42. The molecule has 4 aromatic rings. The lowest BCUT2D eigenvalue weighted by molar-refractivity contribution is -0.154. The van der Waals surface area contributed by atoms with E-state index in [0.29, 0.717) is 48.8 Å². The molecule has 0 saturated carbocycles. The number of aromatic amines is 1. The molecule has 0 radical (unpaired) electrons. The van der Waals surface area contributed by atoms with E-state index in [4.69, 9.17) is 9.26 Å². The van der Waals surface area contributed by atoms with Gasteiger partial charge in [0.2, 0.25) is 5.76 Å². The van der Waals surface area contributed by atoms with E-state index in [0.717, 1.165) is 0 Å². The normalized spacial score (nSPS) is 14.4. The van der Waals surface area contributed by atoms with Crippen molar-refractivity contribution in [2.45, 2.75) is 6.18 Å². The second kappa shape index (κ2) is 8.79. The van der Waals surface area contributed by atoms with E-state index >= 15 is 0 Å². The van der Waals surface area contributed by atoms with Gasteiger partial charge in [-0.2, -0.15) is 13.2 Å². The molecule has 1 amide bonds. The molecule has 0 unspecified atom stereocenters. The van der Waals surface area contributed by atoms with E-state index < -0.39 is 11.9 Å². The Morgan fingerprint density at radius 1 is 0.971 bits per heavy atom. The first kappa shape index (κ1) is 21.9. The number of carbonyl (C=O) groups excluding carboxylic acids is 1. The van der Waals surface area contributed by atoms with Crippen LogP contribution >= 0.6 is 0 Å². The molecule has 5 rings (SSSR count). The summed E-state index contributed by atoms with van der Waals surface area (Å²) in [6.07, 6.45) is -3.35. The van der Waals surface area contributed by atoms with Gasteiger partial charge in [-0.1, -0.05) is 47.6 Å². The monoisotopic (exact) mass is 468 g/mol. The van der Waals surface area contributed by atoms with Crippen molar-refractivity contribution in [2.24, 2.45) is 0 Å². The van der Waals surface area contributed by atoms with Gasteiger partial charge in [0, 0.05) is 36.0 Å². The predicted molar refractivity (Wildman–Crippen MR) is 117 cm³/mol. The molecular weight excluding hydrogens is 449 g/mol. The molecule has 174 valence electrons. The van der Waals surface area contributed by atoms with Gasteiger partial charge >= 0.3 is 6.18 Å². The highest BCUT2D eigenvalue weighted by molar-refractivity contribution is 5.94. The molecule has 0 spiro atoms. The number of ether oxygens (including phenoxy) is 1. The lowest BCUT2D eigenvalue weighted by atomic mass is 10.0. The molecule has 0 atom stereocenters. The number of hydrogen-bond acceptors (Lipinski definition) is 5. The fourth-order valence-corrected chi connectivity index (χ4v) is 3.83. The molecule has 1 N–H and O–H groups in total. The second-order valence-electron chi connectivity index (χ2n) is 7.72. The number of benzene rings is 2. The van der Waals surface area contributed by atoms with Crippen LogP contribution in [0.3, 0.4) is 0 Å². The van der Waals surface area contributed by atoms with Gasteiger partial charge < -0.3 is 19.1 Å². The van der Waals surface area contributed by atoms with E-state index in [-0.39, 0.29) is 22.9 Å². The van der Waals surface area contributed by atoms with Gasteiger partial charge in [-0.15, -0.1) is 0 Å². The Hall–Kier alpha value is -3.92. The van der Waals surface area contributed by atoms with Crippen LogP contribution in [0.5, 0.6) is 0 Å². The number of halogens is 3. The molecule has 1 fully saturated rings. The number of nitrogens with one attached hydrogen (secondary N) is 1. The number of alkyl halides is 3. The minimum atomic E-state index is -4.74. The first-order valence-corrected chi connectivity index (χ1v) is 10.6. The third-order valence-corrected chi connectivity index (χ3v) is 5.53. The average Bonchev–Trinajstić information content (AvgIpc) is 3.52. The van der Waals surface area contributed by atoms with Gasteiger partial charge in [-0.25, -0.2) is 4.98 Å². The number of aromatic nitrogens is 3. The second-order valence-corrected chi connectivity index (χ2v) is 7.72. The van der Waals surface area contributed by atoms with E-state index in [1.54, 1.807) is 59.5 Å². The standard InChI is InChI=1S/C24H19F3N4O3/c25-24(26,27)21-19(20(30-34-21)15-4-2-1-3-5-15)18-14-28-22(29-18)16-6-8-17(9-7-16)23(32)31-10-12-33-13-11-31/h1-9,14H,10-13H2,(H,28,29). The van der Waals surface area contributed by atoms with Crippen LogP contribution in [-0.2, 0) is 10.9 Å². The number of morpholine rings is 1. The summed E-state index contributed by atoms with van der Waals surface area (Å²) in [7, 11) is 0. The zero-order valence-corrected chi connectivity index (χ0v) is 17.8. The number of amides is 1. The van der Waals surface area contributed by atoms with Crippen LogP contribution in [0, 0.1) is 0 Å². The van der Waals surface area contributed by atoms with Gasteiger partial charge in [0.15, 0.2) is 0 Å². The molecule has 10 heteroatoms. The number of H-pyrrole nitrogens is 1. The molecule has 2 aromatic carbocycles. The van der Waals surface area contributed by atoms with Crippen LogP contribution in [0.2, 0.25) is 0 Å². The van der Waals surface area contributed by atoms with Gasteiger partial charge in [0.25, 0.3) is 5.91 Å². The summed E-state index contributed by atoms with van der Waals surface area (Å²) in [5, 5.41) is 3.69. The summed E-state index contributed by atoms with van der Waals surface area (Å²) >= 11 is 0. The summed E-state index contributed by atoms with van der Waals surface area (Å²) in [6.45, 7) is 2.08. The average molecular weight is 468 g/mol. The molecule has 2 aromatic heterocycles. The minimum absolute atomic E-state index is 0.0518. The third-order valence-electron chi connectivity index (χ3n) is 5.53. The topological polar surface area (TPSA) is 84.2 Å². The first-order valence-electron chi connectivity index (χ1n) is 10.6. The Balaban J connectivity index is 1.46. The van der Waals surface area contributed by atoms with Crippen LogP contribution in [-0.4, -0.2) is 52.2 Å². The fourth-order valence-electron chi connectivity index (χ4n) is 3.83. The largest absolute Gasteiger partial charge is 0.453 e. The van der Waals surface area contributed by atoms with Crippen LogP contribution in [0.1, 0.15) is 16.1 Å². The highest BCUT2D eigenvalue weighted by Gasteiger charge is 2.41. The zero-order valence-electron chi connectivity index (χ0n) is 17.8. The maximum Gasteiger partial charge on any atom is 0.453 e. The lowest BCUT2D eigenvalue weighted by Crippen LogP contribution is -2.40. The van der Waals surface area contributed by atoms with Crippen LogP contribution < -0.4 is 0 Å². The van der Waals surface area contributed by atoms with Crippen molar-refractivity contribution in [3.05, 3.63) is 72.1 Å². The van der Waals surface area contributed by atoms with Crippen molar-refractivity contribution < 1.29 is 27.2 Å². The summed E-state index contributed by atoms with van der Waals surface area (Å²) in [6, 6.07) is 15.2. The minimum Gasteiger partial charge on any atom is -0.378 e. The third kappa shape index (κ3) is 4.19. The Labute approximate surface area is 192 Å². The quantitative estimate of drug-likeness (QED) is 0.461. The zero-order chi connectivity index (χ0) is 23.7. The Kier molecular flexibility index (Phi) is 5.66. The van der Waals surface area contributed by atoms with Gasteiger partial charge in [-0.05, 0) is 12.1 Å². The number of nitrogens with zero attached hydrogens (tertiary/aromatic N) is 3. The van der Waals surface area contributed by atoms with E-state index in [1.165, 1.54) is 6.20 Å². The van der Waals surface area contributed by atoms with E-state index in [1.807, 2.05) is 0 Å². The highest BCUT2D eigenvalue weighted by atomic mass is 19.4. The smallest absolute Gasteiger partial charge is 0.378 e. The summed E-state index contributed by atoms with van der Waals surface area (Å²) in [5.74, 6) is -0.952. The molecule has 34 heavy (non-hydrogen) atoms. The predicted octanol–water partition coefficient (Wildman–Crippen LogP) is 4.89. The van der Waals surface area contributed by atoms with E-state index in [9.17, 15) is 18.0 Å². The van der Waals surface area contributed by atoms with Crippen LogP contribution in [0.25, 0.3) is 33.9 Å². The van der Waals surface area contributed by atoms with Crippen molar-refractivity contribution in [3.8, 4) is 33.9 Å². The molecule has 1 saturated heterocycles. The summed E-state index contributed by atoms with van der Waals surface area (Å²) in [5.41, 5.74) is 1.49. The van der Waals surface area contributed by atoms with Crippen molar-refractivity contribution in [3.63, 3.8) is 0 Å². The molecule has 7 nitrogen and oxygen atoms in total. The fraction of sp³-hybridized carbons (Fsp3) is 0.208. The van der Waals surface area contributed by atoms with Crippen molar-refractivity contribution >= 4 is 5.91 Å². The summed E-state index contributed by atoms with van der Waals surface area (Å²) in [4.78, 5) is 21.7. The lowest BCUT2D eigenvalue weighted by Gasteiger charge is -2.26. The van der Waals surface area contributed by atoms with Gasteiger partial charge in [0.05, 0.1) is 24.5 Å². The molecule has 3 heterocycles. The van der Waals surface area contributed by atoms with Gasteiger partial charge in [-0.3, -0.25) is 4.79 Å². The van der Waals surface area contributed by atoms with E-state index in [2.05, 4.69) is 15.1 Å². The molecular formula is C24H19F3N4O3. The molecule has 1 aliphatic rings. The number of rotatable bonds is 4. The molecule has 0 bridgehead atoms. The van der Waals surface area contributed by atoms with Crippen LogP contribution in [0.4, 0.5) is 13.2 Å². The maximum atomic E-state index is 13.7.